The number of aromatic nitrogens is 3. The highest BCUT2D eigenvalue weighted by Crippen LogP contribution is 2.27. The van der Waals surface area contributed by atoms with Gasteiger partial charge in [-0.25, -0.2) is 14.8 Å². The molecule has 3 aromatic heterocycles. The Bertz CT molecular complexity index is 1280. The van der Waals surface area contributed by atoms with Crippen LogP contribution in [0.15, 0.2) is 59.7 Å². The molecule has 0 unspecified atom stereocenters. The van der Waals surface area contributed by atoms with Crippen molar-refractivity contribution in [2.75, 3.05) is 38.2 Å². The lowest BCUT2D eigenvalue weighted by molar-refractivity contribution is -0.192. The van der Waals surface area contributed by atoms with Crippen LogP contribution in [-0.2, 0) is 11.3 Å². The molecule has 1 aliphatic heterocycles. The van der Waals surface area contributed by atoms with Gasteiger partial charge in [0.05, 0.1) is 19.0 Å². The van der Waals surface area contributed by atoms with Gasteiger partial charge in [-0.15, -0.1) is 0 Å². The molecule has 1 N–H and O–H groups in total. The Morgan fingerprint density at radius 3 is 2.39 bits per heavy atom. The van der Waals surface area contributed by atoms with Crippen molar-refractivity contribution in [3.05, 3.63) is 65.2 Å². The fraction of sp³-hybridized carbons (Fsp3) is 0.292. The number of alkyl halides is 3. The van der Waals surface area contributed by atoms with E-state index in [2.05, 4.69) is 48.1 Å². The molecular formula is C24H24F3N5O3S. The van der Waals surface area contributed by atoms with Gasteiger partial charge in [0.2, 0.25) is 0 Å². The number of ether oxygens (including phenoxy) is 1. The van der Waals surface area contributed by atoms with Crippen LogP contribution in [0.4, 0.5) is 19.0 Å². The number of imidazole rings is 1. The summed E-state index contributed by atoms with van der Waals surface area (Å²) >= 11 is 1.70. The fourth-order valence-corrected chi connectivity index (χ4v) is 4.51. The van der Waals surface area contributed by atoms with Gasteiger partial charge >= 0.3 is 12.1 Å². The van der Waals surface area contributed by atoms with Gasteiger partial charge in [0, 0.05) is 56.1 Å². The molecular weight excluding hydrogens is 495 g/mol. The first-order chi connectivity index (χ1) is 17.3. The van der Waals surface area contributed by atoms with E-state index in [0.29, 0.717) is 0 Å². The molecule has 36 heavy (non-hydrogen) atoms. The summed E-state index contributed by atoms with van der Waals surface area (Å²) in [5, 5.41) is 11.4. The number of piperazine rings is 1. The van der Waals surface area contributed by atoms with E-state index in [9.17, 15) is 13.2 Å². The molecule has 1 saturated heterocycles. The number of thiophene rings is 1. The molecule has 0 radical (unpaired) electrons. The Morgan fingerprint density at radius 1 is 1.11 bits per heavy atom. The molecule has 12 heteroatoms. The summed E-state index contributed by atoms with van der Waals surface area (Å²) < 4.78 is 39.1. The SMILES string of the molecule is COc1ccc(CN2CCN(c3nccn4c(-c5ccsc5)cnc34)CC2)cc1.O=C(O)C(F)(F)F. The Balaban J connectivity index is 0.000000384. The molecule has 4 aromatic rings. The molecule has 4 heterocycles. The van der Waals surface area contributed by atoms with Crippen LogP contribution < -0.4 is 9.64 Å². The molecule has 0 bridgehead atoms. The van der Waals surface area contributed by atoms with Crippen molar-refractivity contribution in [3.8, 4) is 17.0 Å². The van der Waals surface area contributed by atoms with E-state index in [-0.39, 0.29) is 0 Å². The second kappa shape index (κ2) is 11.0. The van der Waals surface area contributed by atoms with Crippen molar-refractivity contribution in [1.29, 1.82) is 0 Å². The predicted octanol–water partition coefficient (Wildman–Crippen LogP) is 4.42. The molecule has 8 nitrogen and oxygen atoms in total. The topological polar surface area (TPSA) is 83.2 Å². The Kier molecular flexibility index (Phi) is 7.75. The van der Waals surface area contributed by atoms with Gasteiger partial charge in [0.25, 0.3) is 0 Å². The number of carbonyl (C=O) groups is 1. The van der Waals surface area contributed by atoms with Crippen LogP contribution in [0.5, 0.6) is 5.75 Å². The third-order valence-electron chi connectivity index (χ3n) is 5.71. The first kappa shape index (κ1) is 25.5. The zero-order chi connectivity index (χ0) is 25.7. The van der Waals surface area contributed by atoms with Crippen molar-refractivity contribution in [3.63, 3.8) is 0 Å². The molecule has 1 aliphatic rings. The minimum atomic E-state index is -5.08. The van der Waals surface area contributed by atoms with E-state index in [4.69, 9.17) is 19.6 Å². The number of carboxylic acid groups (broad SMARTS) is 1. The van der Waals surface area contributed by atoms with Gasteiger partial charge in [0.1, 0.15) is 5.75 Å². The molecule has 0 aliphatic carbocycles. The van der Waals surface area contributed by atoms with Gasteiger partial charge in [0.15, 0.2) is 11.5 Å². The van der Waals surface area contributed by atoms with E-state index in [1.807, 2.05) is 30.7 Å². The summed E-state index contributed by atoms with van der Waals surface area (Å²) in [5.41, 5.74) is 4.55. The lowest BCUT2D eigenvalue weighted by Crippen LogP contribution is -2.46. The number of aliphatic carboxylic acids is 1. The molecule has 0 amide bonds. The van der Waals surface area contributed by atoms with Crippen LogP contribution in [0.25, 0.3) is 16.9 Å². The van der Waals surface area contributed by atoms with E-state index < -0.39 is 12.1 Å². The summed E-state index contributed by atoms with van der Waals surface area (Å²) in [7, 11) is 1.70. The molecule has 190 valence electrons. The first-order valence-electron chi connectivity index (χ1n) is 11.0. The monoisotopic (exact) mass is 519 g/mol. The minimum Gasteiger partial charge on any atom is -0.497 e. The Labute approximate surface area is 209 Å². The highest BCUT2D eigenvalue weighted by Gasteiger charge is 2.38. The number of nitrogens with zero attached hydrogens (tertiary/aromatic N) is 5. The number of benzene rings is 1. The highest BCUT2D eigenvalue weighted by molar-refractivity contribution is 7.08. The molecule has 5 rings (SSSR count). The van der Waals surface area contributed by atoms with Gasteiger partial charge in [-0.05, 0) is 29.1 Å². The zero-order valence-electron chi connectivity index (χ0n) is 19.4. The summed E-state index contributed by atoms with van der Waals surface area (Å²) in [6.07, 6.45) is 0.741. The van der Waals surface area contributed by atoms with Crippen molar-refractivity contribution >= 4 is 28.8 Å². The van der Waals surface area contributed by atoms with Crippen molar-refractivity contribution in [1.82, 2.24) is 19.3 Å². The lowest BCUT2D eigenvalue weighted by atomic mass is 10.2. The minimum absolute atomic E-state index is 0.902. The summed E-state index contributed by atoms with van der Waals surface area (Å²) in [5.74, 6) is -0.884. The number of carboxylic acids is 1. The third kappa shape index (κ3) is 5.94. The van der Waals surface area contributed by atoms with Crippen LogP contribution >= 0.6 is 11.3 Å². The number of hydrogen-bond acceptors (Lipinski definition) is 7. The number of hydrogen-bond donors (Lipinski definition) is 1. The fourth-order valence-electron chi connectivity index (χ4n) is 3.86. The number of fused-ring (bicyclic) bond motifs is 1. The van der Waals surface area contributed by atoms with Crippen LogP contribution in [-0.4, -0.2) is 69.8 Å². The average Bonchev–Trinajstić information content (AvgIpc) is 3.55. The molecule has 1 aromatic carbocycles. The Morgan fingerprint density at radius 2 is 1.81 bits per heavy atom. The number of methoxy groups -OCH3 is 1. The van der Waals surface area contributed by atoms with Gasteiger partial charge in [-0.1, -0.05) is 12.1 Å². The second-order valence-electron chi connectivity index (χ2n) is 8.01. The smallest absolute Gasteiger partial charge is 0.490 e. The summed E-state index contributed by atoms with van der Waals surface area (Å²) in [6.45, 7) is 4.87. The molecule has 1 fully saturated rings. The van der Waals surface area contributed by atoms with Gasteiger partial charge < -0.3 is 14.7 Å². The lowest BCUT2D eigenvalue weighted by Gasteiger charge is -2.35. The van der Waals surface area contributed by atoms with E-state index in [1.165, 1.54) is 11.1 Å². The quantitative estimate of drug-likeness (QED) is 0.418. The summed E-state index contributed by atoms with van der Waals surface area (Å²) in [4.78, 5) is 23.1. The van der Waals surface area contributed by atoms with Crippen LogP contribution in [0.1, 0.15) is 5.56 Å². The van der Waals surface area contributed by atoms with Crippen molar-refractivity contribution < 1.29 is 27.8 Å². The van der Waals surface area contributed by atoms with Crippen LogP contribution in [0.3, 0.4) is 0 Å². The van der Waals surface area contributed by atoms with Crippen molar-refractivity contribution in [2.45, 2.75) is 12.7 Å². The normalized spacial score (nSPS) is 14.4. The maximum atomic E-state index is 10.6. The maximum absolute atomic E-state index is 10.6. The highest BCUT2D eigenvalue weighted by atomic mass is 32.1. The third-order valence-corrected chi connectivity index (χ3v) is 6.39. The van der Waals surface area contributed by atoms with E-state index in [1.54, 1.807) is 18.4 Å². The van der Waals surface area contributed by atoms with Crippen molar-refractivity contribution in [2.24, 2.45) is 0 Å². The van der Waals surface area contributed by atoms with Crippen LogP contribution in [0, 0.1) is 0 Å². The predicted molar refractivity (Wildman–Crippen MR) is 130 cm³/mol. The van der Waals surface area contributed by atoms with Crippen LogP contribution in [0.2, 0.25) is 0 Å². The number of anilines is 1. The number of halogens is 3. The van der Waals surface area contributed by atoms with Gasteiger partial charge in [-0.3, -0.25) is 9.30 Å². The standard InChI is InChI=1S/C22H23N5OS.C2HF3O2/c1-28-19-4-2-17(3-5-19)15-25-9-11-26(12-10-25)21-22-24-14-20(18-6-13-29-16-18)27(22)8-7-23-21;3-2(4,5)1(6)7/h2-8,13-14,16H,9-12,15H2,1H3;(H,6,7). The average molecular weight is 520 g/mol. The maximum Gasteiger partial charge on any atom is 0.490 e. The summed E-state index contributed by atoms with van der Waals surface area (Å²) in [6, 6.07) is 10.5. The van der Waals surface area contributed by atoms with E-state index >= 15 is 0 Å². The number of rotatable bonds is 5. The van der Waals surface area contributed by atoms with E-state index in [0.717, 1.165) is 55.6 Å². The zero-order valence-corrected chi connectivity index (χ0v) is 20.2. The van der Waals surface area contributed by atoms with Gasteiger partial charge in [-0.2, -0.15) is 24.5 Å². The first-order valence-corrected chi connectivity index (χ1v) is 12.0. The Hall–Kier alpha value is -3.64. The largest absolute Gasteiger partial charge is 0.497 e. The molecule has 0 saturated carbocycles. The second-order valence-corrected chi connectivity index (χ2v) is 8.79. The molecule has 0 atom stereocenters. The molecule has 0 spiro atoms.